The minimum Gasteiger partial charge on any atom is -0.480 e. The Morgan fingerprint density at radius 1 is 1.35 bits per heavy atom. The average molecular weight is 377 g/mol. The SMILES string of the molecule is Cc1cc(C)n(C)c(=O)c1-c1ccc(CC(N)C(=O)O)n2ccnc12.Cl. The number of carbonyl (C=O) groups is 1. The summed E-state index contributed by atoms with van der Waals surface area (Å²) in [5.41, 5.74) is 9.98. The molecule has 7 nitrogen and oxygen atoms in total. The van der Waals surface area contributed by atoms with Crippen LogP contribution in [0.25, 0.3) is 16.8 Å². The van der Waals surface area contributed by atoms with Crippen molar-refractivity contribution in [1.29, 1.82) is 0 Å². The van der Waals surface area contributed by atoms with E-state index in [1.54, 1.807) is 34.5 Å². The fourth-order valence-corrected chi connectivity index (χ4v) is 3.05. The van der Waals surface area contributed by atoms with Gasteiger partial charge in [0.15, 0.2) is 0 Å². The van der Waals surface area contributed by atoms with E-state index in [2.05, 4.69) is 4.98 Å². The molecule has 1 unspecified atom stereocenters. The predicted molar refractivity (Wildman–Crippen MR) is 102 cm³/mol. The highest BCUT2D eigenvalue weighted by Gasteiger charge is 2.18. The van der Waals surface area contributed by atoms with E-state index in [-0.39, 0.29) is 24.4 Å². The summed E-state index contributed by atoms with van der Waals surface area (Å²) in [6.45, 7) is 3.79. The number of nitrogens with two attached hydrogens (primary N) is 1. The molecule has 1 atom stereocenters. The first-order valence-corrected chi connectivity index (χ1v) is 7.92. The van der Waals surface area contributed by atoms with E-state index in [0.29, 0.717) is 11.2 Å². The van der Waals surface area contributed by atoms with E-state index in [0.717, 1.165) is 22.5 Å². The maximum absolute atomic E-state index is 12.8. The molecule has 0 aliphatic heterocycles. The fourth-order valence-electron chi connectivity index (χ4n) is 3.05. The molecule has 3 heterocycles. The molecule has 3 rings (SSSR count). The molecule has 3 N–H and O–H groups in total. The summed E-state index contributed by atoms with van der Waals surface area (Å²) in [7, 11) is 1.74. The summed E-state index contributed by atoms with van der Waals surface area (Å²) >= 11 is 0. The van der Waals surface area contributed by atoms with Crippen molar-refractivity contribution in [2.24, 2.45) is 12.8 Å². The average Bonchev–Trinajstić information content (AvgIpc) is 3.04. The third kappa shape index (κ3) is 3.23. The van der Waals surface area contributed by atoms with Crippen LogP contribution in [0.15, 0.2) is 35.4 Å². The number of aliphatic carboxylic acids is 1. The molecule has 0 aliphatic carbocycles. The molecule has 0 aromatic carbocycles. The van der Waals surface area contributed by atoms with Gasteiger partial charge in [0.05, 0.1) is 5.56 Å². The quantitative estimate of drug-likeness (QED) is 0.721. The van der Waals surface area contributed by atoms with Crippen LogP contribution in [-0.4, -0.2) is 31.1 Å². The number of hydrogen-bond acceptors (Lipinski definition) is 4. The van der Waals surface area contributed by atoms with Crippen LogP contribution in [0.4, 0.5) is 0 Å². The number of carboxylic acid groups (broad SMARTS) is 1. The molecule has 0 saturated carbocycles. The van der Waals surface area contributed by atoms with Crippen molar-refractivity contribution in [1.82, 2.24) is 14.0 Å². The molecular formula is C18H21ClN4O3. The number of carboxylic acids is 1. The van der Waals surface area contributed by atoms with Crippen LogP contribution >= 0.6 is 12.4 Å². The minimum absolute atomic E-state index is 0. The molecule has 0 radical (unpaired) electrons. The van der Waals surface area contributed by atoms with E-state index in [1.807, 2.05) is 26.0 Å². The third-order valence-corrected chi connectivity index (χ3v) is 4.52. The van der Waals surface area contributed by atoms with Gasteiger partial charge < -0.3 is 19.8 Å². The number of pyridine rings is 2. The Morgan fingerprint density at radius 2 is 2.04 bits per heavy atom. The number of fused-ring (bicyclic) bond motifs is 1. The van der Waals surface area contributed by atoms with Gasteiger partial charge in [-0.05, 0) is 37.6 Å². The van der Waals surface area contributed by atoms with Crippen molar-refractivity contribution in [3.8, 4) is 11.1 Å². The number of hydrogen-bond donors (Lipinski definition) is 2. The molecule has 0 bridgehead atoms. The number of nitrogens with zero attached hydrogens (tertiary/aromatic N) is 3. The zero-order valence-electron chi connectivity index (χ0n) is 14.8. The van der Waals surface area contributed by atoms with Gasteiger partial charge in [0.1, 0.15) is 11.7 Å². The van der Waals surface area contributed by atoms with Gasteiger partial charge in [-0.15, -0.1) is 12.4 Å². The van der Waals surface area contributed by atoms with Gasteiger partial charge >= 0.3 is 5.97 Å². The fraction of sp³-hybridized carbons (Fsp3) is 0.278. The largest absolute Gasteiger partial charge is 0.480 e. The highest BCUT2D eigenvalue weighted by atomic mass is 35.5. The first kappa shape index (κ1) is 19.7. The van der Waals surface area contributed by atoms with E-state index >= 15 is 0 Å². The van der Waals surface area contributed by atoms with E-state index in [4.69, 9.17) is 10.8 Å². The lowest BCUT2D eigenvalue weighted by atomic mass is 10.0. The van der Waals surface area contributed by atoms with Crippen molar-refractivity contribution in [2.45, 2.75) is 26.3 Å². The number of aryl methyl sites for hydroxylation is 2. The number of halogens is 1. The minimum atomic E-state index is -1.06. The van der Waals surface area contributed by atoms with Gasteiger partial charge in [0.25, 0.3) is 5.56 Å². The number of aromatic nitrogens is 3. The van der Waals surface area contributed by atoms with Crippen LogP contribution in [0.1, 0.15) is 17.0 Å². The van der Waals surface area contributed by atoms with Gasteiger partial charge in [-0.2, -0.15) is 0 Å². The first-order chi connectivity index (χ1) is 11.8. The van der Waals surface area contributed by atoms with Crippen LogP contribution in [0.3, 0.4) is 0 Å². The zero-order valence-corrected chi connectivity index (χ0v) is 15.6. The Morgan fingerprint density at radius 3 is 2.69 bits per heavy atom. The topological polar surface area (TPSA) is 103 Å². The Kier molecular flexibility index (Phi) is 5.53. The van der Waals surface area contributed by atoms with Crippen molar-refractivity contribution >= 4 is 24.0 Å². The highest BCUT2D eigenvalue weighted by Crippen LogP contribution is 2.25. The van der Waals surface area contributed by atoms with Crippen LogP contribution < -0.4 is 11.3 Å². The smallest absolute Gasteiger partial charge is 0.320 e. The normalized spacial score (nSPS) is 12.0. The molecular weight excluding hydrogens is 356 g/mol. The van der Waals surface area contributed by atoms with Gasteiger partial charge in [-0.25, -0.2) is 4.98 Å². The summed E-state index contributed by atoms with van der Waals surface area (Å²) in [6, 6.07) is 4.58. The molecule has 138 valence electrons. The lowest BCUT2D eigenvalue weighted by Gasteiger charge is -2.14. The van der Waals surface area contributed by atoms with Crippen molar-refractivity contribution in [3.63, 3.8) is 0 Å². The van der Waals surface area contributed by atoms with Gasteiger partial charge in [0, 0.05) is 42.8 Å². The van der Waals surface area contributed by atoms with Gasteiger partial charge in [0.2, 0.25) is 0 Å². The van der Waals surface area contributed by atoms with Crippen LogP contribution in [-0.2, 0) is 18.3 Å². The molecule has 3 aromatic heterocycles. The summed E-state index contributed by atoms with van der Waals surface area (Å²) in [5, 5.41) is 9.03. The zero-order chi connectivity index (χ0) is 18.3. The van der Waals surface area contributed by atoms with Crippen LogP contribution in [0.5, 0.6) is 0 Å². The Balaban J connectivity index is 0.00000243. The highest BCUT2D eigenvalue weighted by molar-refractivity contribution is 5.85. The van der Waals surface area contributed by atoms with Gasteiger partial charge in [-0.1, -0.05) is 0 Å². The van der Waals surface area contributed by atoms with Gasteiger partial charge in [-0.3, -0.25) is 9.59 Å². The lowest BCUT2D eigenvalue weighted by Crippen LogP contribution is -2.32. The molecule has 0 amide bonds. The molecule has 0 fully saturated rings. The Bertz CT molecular complexity index is 1040. The van der Waals surface area contributed by atoms with Crippen molar-refractivity contribution in [2.75, 3.05) is 0 Å². The van der Waals surface area contributed by atoms with Crippen LogP contribution in [0, 0.1) is 13.8 Å². The number of imidazole rings is 1. The van der Waals surface area contributed by atoms with Crippen LogP contribution in [0.2, 0.25) is 0 Å². The molecule has 0 aliphatic rings. The number of rotatable bonds is 4. The Labute approximate surface area is 156 Å². The first-order valence-electron chi connectivity index (χ1n) is 7.92. The second-order valence-electron chi connectivity index (χ2n) is 6.22. The third-order valence-electron chi connectivity index (χ3n) is 4.52. The van der Waals surface area contributed by atoms with Crippen molar-refractivity contribution in [3.05, 3.63) is 57.9 Å². The second kappa shape index (κ2) is 7.31. The molecule has 0 saturated heterocycles. The summed E-state index contributed by atoms with van der Waals surface area (Å²) in [4.78, 5) is 28.2. The molecule has 26 heavy (non-hydrogen) atoms. The van der Waals surface area contributed by atoms with E-state index < -0.39 is 12.0 Å². The maximum Gasteiger partial charge on any atom is 0.320 e. The maximum atomic E-state index is 12.8. The Hall–Kier alpha value is -2.64. The van der Waals surface area contributed by atoms with E-state index in [1.165, 1.54) is 0 Å². The lowest BCUT2D eigenvalue weighted by molar-refractivity contribution is -0.138. The molecule has 0 spiro atoms. The summed E-state index contributed by atoms with van der Waals surface area (Å²) < 4.78 is 3.40. The predicted octanol–water partition coefficient (Wildman–Crippen LogP) is 1.69. The monoisotopic (exact) mass is 376 g/mol. The summed E-state index contributed by atoms with van der Waals surface area (Å²) in [6.07, 6.45) is 3.55. The van der Waals surface area contributed by atoms with E-state index in [9.17, 15) is 9.59 Å². The van der Waals surface area contributed by atoms with Crippen molar-refractivity contribution < 1.29 is 9.90 Å². The summed E-state index contributed by atoms with van der Waals surface area (Å²) in [5.74, 6) is -1.06. The molecule has 3 aromatic rings. The standard InChI is InChI=1S/C18H20N4O3.ClH/c1-10-8-11(2)21(3)17(23)15(10)13-5-4-12(9-14(19)18(24)25)22-7-6-20-16(13)22;/h4-8,14H,9,19H2,1-3H3,(H,24,25);1H. The molecule has 8 heteroatoms. The second-order valence-corrected chi connectivity index (χ2v) is 6.22.